The summed E-state index contributed by atoms with van der Waals surface area (Å²) in [5.74, 6) is -2.45. The van der Waals surface area contributed by atoms with E-state index in [9.17, 15) is 22.4 Å². The number of halogens is 1. The van der Waals surface area contributed by atoms with E-state index in [2.05, 4.69) is 14.2 Å². The fraction of sp³-hybridized carbons (Fsp3) is 0.125. The third-order valence-electron chi connectivity index (χ3n) is 3.39. The van der Waals surface area contributed by atoms with Crippen molar-refractivity contribution in [2.75, 3.05) is 11.2 Å². The second-order valence-corrected chi connectivity index (χ2v) is 6.98. The summed E-state index contributed by atoms with van der Waals surface area (Å²) < 4.78 is 40.6. The van der Waals surface area contributed by atoms with E-state index in [0.29, 0.717) is 0 Å². The van der Waals surface area contributed by atoms with Gasteiger partial charge in [-0.1, -0.05) is 0 Å². The zero-order valence-electron chi connectivity index (χ0n) is 13.6. The molecule has 3 heterocycles. The molecule has 0 spiro atoms. The molecule has 1 aliphatic heterocycles. The van der Waals surface area contributed by atoms with Crippen molar-refractivity contribution in [1.82, 2.24) is 9.97 Å². The first-order valence-electron chi connectivity index (χ1n) is 7.25. The Bertz CT molecular complexity index is 1070. The Kier molecular flexibility index (Phi) is 4.28. The summed E-state index contributed by atoms with van der Waals surface area (Å²) in [6.07, 6.45) is 3.44. The Morgan fingerprint density at radius 2 is 2.04 bits per heavy atom. The molecule has 0 atom stereocenters. The van der Waals surface area contributed by atoms with Crippen LogP contribution in [0.5, 0.6) is 5.75 Å². The molecule has 0 aliphatic carbocycles. The fourth-order valence-corrected chi connectivity index (χ4v) is 2.89. The van der Waals surface area contributed by atoms with E-state index in [-0.39, 0.29) is 22.8 Å². The molecule has 134 valence electrons. The summed E-state index contributed by atoms with van der Waals surface area (Å²) in [6, 6.07) is 5.42. The molecule has 0 saturated carbocycles. The van der Waals surface area contributed by atoms with Gasteiger partial charge in [0, 0.05) is 13.1 Å². The summed E-state index contributed by atoms with van der Waals surface area (Å²) >= 11 is 0. The fourth-order valence-electron chi connectivity index (χ4n) is 2.44. The smallest absolute Gasteiger partial charge is 0.306 e. The van der Waals surface area contributed by atoms with Crippen LogP contribution < -0.4 is 9.08 Å². The number of anilines is 1. The quantitative estimate of drug-likeness (QED) is 0.454. The first-order valence-corrected chi connectivity index (χ1v) is 9.07. The number of amides is 1. The van der Waals surface area contributed by atoms with Gasteiger partial charge in [0.25, 0.3) is 5.95 Å². The van der Waals surface area contributed by atoms with Crippen molar-refractivity contribution in [3.8, 4) is 5.75 Å². The Morgan fingerprint density at radius 1 is 1.31 bits per heavy atom. The third-order valence-corrected chi connectivity index (χ3v) is 3.88. The molecule has 2 aromatic heterocycles. The van der Waals surface area contributed by atoms with Gasteiger partial charge in [-0.3, -0.25) is 14.5 Å². The number of allylic oxidation sites excluding steroid dienone is 1. The lowest BCUT2D eigenvalue weighted by molar-refractivity contribution is -0.116. The molecule has 0 unspecified atom stereocenters. The molecule has 0 saturated heterocycles. The van der Waals surface area contributed by atoms with Crippen LogP contribution >= 0.6 is 0 Å². The number of aromatic nitrogens is 2. The standard InChI is InChI=1S/C16H12FN3O5S/c1-9(21)20-12(14(22)11-4-3-7-18-16(11)20)8-10-5-6-13(15(17)19-10)25-26(2,23)24/h3-8H,1-2H3/b12-8-. The summed E-state index contributed by atoms with van der Waals surface area (Å²) in [5, 5.41) is 0. The highest BCUT2D eigenvalue weighted by Crippen LogP contribution is 2.33. The van der Waals surface area contributed by atoms with Crippen LogP contribution in [0.2, 0.25) is 0 Å². The lowest BCUT2D eigenvalue weighted by Crippen LogP contribution is -2.26. The predicted octanol–water partition coefficient (Wildman–Crippen LogP) is 1.54. The van der Waals surface area contributed by atoms with E-state index in [0.717, 1.165) is 17.2 Å². The van der Waals surface area contributed by atoms with Gasteiger partial charge in [-0.05, 0) is 30.3 Å². The highest BCUT2D eigenvalue weighted by atomic mass is 32.2. The van der Waals surface area contributed by atoms with Crippen LogP contribution in [0, 0.1) is 5.95 Å². The Labute approximate surface area is 148 Å². The number of ketones is 1. The number of Topliss-reactive ketones (excluding diaryl/α,β-unsaturated/α-hetero) is 1. The number of fused-ring (bicyclic) bond motifs is 1. The molecule has 0 N–H and O–H groups in total. The zero-order valence-corrected chi connectivity index (χ0v) is 14.4. The largest absolute Gasteiger partial charge is 0.378 e. The molecule has 0 fully saturated rings. The predicted molar refractivity (Wildman–Crippen MR) is 89.4 cm³/mol. The zero-order chi connectivity index (χ0) is 19.1. The first kappa shape index (κ1) is 17.7. The van der Waals surface area contributed by atoms with Gasteiger partial charge in [-0.15, -0.1) is 0 Å². The van der Waals surface area contributed by atoms with Gasteiger partial charge < -0.3 is 4.18 Å². The van der Waals surface area contributed by atoms with Crippen molar-refractivity contribution in [3.05, 3.63) is 53.4 Å². The normalized spacial score (nSPS) is 15.3. The van der Waals surface area contributed by atoms with Crippen molar-refractivity contribution in [3.63, 3.8) is 0 Å². The molecule has 8 nitrogen and oxygen atoms in total. The SMILES string of the molecule is CC(=O)N1/C(=C\c2ccc(OS(C)(=O)=O)c(F)n2)C(=O)c2cccnc21. The average molecular weight is 377 g/mol. The van der Waals surface area contributed by atoms with Gasteiger partial charge in [-0.25, -0.2) is 9.97 Å². The number of pyridine rings is 2. The van der Waals surface area contributed by atoms with E-state index in [1.54, 1.807) is 6.07 Å². The lowest BCUT2D eigenvalue weighted by atomic mass is 10.1. The molecule has 0 radical (unpaired) electrons. The van der Waals surface area contributed by atoms with Gasteiger partial charge in [0.1, 0.15) is 5.70 Å². The minimum atomic E-state index is -3.91. The maximum absolute atomic E-state index is 14.0. The molecule has 0 bridgehead atoms. The van der Waals surface area contributed by atoms with Gasteiger partial charge in [0.05, 0.1) is 17.5 Å². The van der Waals surface area contributed by atoms with Crippen molar-refractivity contribution < 1.29 is 26.6 Å². The van der Waals surface area contributed by atoms with Crippen molar-refractivity contribution in [2.24, 2.45) is 0 Å². The molecular formula is C16H12FN3O5S. The molecule has 2 aromatic rings. The Balaban J connectivity index is 2.03. The van der Waals surface area contributed by atoms with Crippen molar-refractivity contribution in [2.45, 2.75) is 6.92 Å². The van der Waals surface area contributed by atoms with Crippen LogP contribution in [0.1, 0.15) is 23.0 Å². The summed E-state index contributed by atoms with van der Waals surface area (Å²) in [6.45, 7) is 1.27. The van der Waals surface area contributed by atoms with Gasteiger partial charge in [-0.2, -0.15) is 12.8 Å². The van der Waals surface area contributed by atoms with Crippen LogP contribution in [-0.4, -0.2) is 36.3 Å². The van der Waals surface area contributed by atoms with E-state index in [1.165, 1.54) is 31.3 Å². The van der Waals surface area contributed by atoms with E-state index in [1.807, 2.05) is 0 Å². The molecule has 26 heavy (non-hydrogen) atoms. The number of carbonyl (C=O) groups is 2. The number of hydrogen-bond acceptors (Lipinski definition) is 7. The number of rotatable bonds is 3. The second-order valence-electron chi connectivity index (χ2n) is 5.40. The maximum Gasteiger partial charge on any atom is 0.306 e. The van der Waals surface area contributed by atoms with Crippen LogP contribution in [0.25, 0.3) is 6.08 Å². The molecule has 0 aromatic carbocycles. The van der Waals surface area contributed by atoms with Crippen LogP contribution in [0.4, 0.5) is 10.2 Å². The van der Waals surface area contributed by atoms with Gasteiger partial charge >= 0.3 is 10.1 Å². The second kappa shape index (κ2) is 6.30. The van der Waals surface area contributed by atoms with Crippen molar-refractivity contribution in [1.29, 1.82) is 0 Å². The summed E-state index contributed by atoms with van der Waals surface area (Å²) in [7, 11) is -3.91. The topological polar surface area (TPSA) is 107 Å². The summed E-state index contributed by atoms with van der Waals surface area (Å²) in [5.41, 5.74) is 0.215. The first-order chi connectivity index (χ1) is 12.2. The van der Waals surface area contributed by atoms with Crippen LogP contribution in [-0.2, 0) is 14.9 Å². The average Bonchev–Trinajstić information content (AvgIpc) is 2.82. The lowest BCUT2D eigenvalue weighted by Gasteiger charge is -2.14. The van der Waals surface area contributed by atoms with Crippen LogP contribution in [0.15, 0.2) is 36.2 Å². The highest BCUT2D eigenvalue weighted by Gasteiger charge is 2.35. The minimum Gasteiger partial charge on any atom is -0.378 e. The Hall–Kier alpha value is -3.14. The van der Waals surface area contributed by atoms with Crippen LogP contribution in [0.3, 0.4) is 0 Å². The molecule has 10 heteroatoms. The molecular weight excluding hydrogens is 365 g/mol. The van der Waals surface area contributed by atoms with Gasteiger partial charge in [0.15, 0.2) is 11.6 Å². The summed E-state index contributed by atoms with van der Waals surface area (Å²) in [4.78, 5) is 33.2. The van der Waals surface area contributed by atoms with E-state index >= 15 is 0 Å². The third kappa shape index (κ3) is 3.31. The molecule has 1 amide bonds. The number of nitrogens with zero attached hydrogens (tertiary/aromatic N) is 3. The highest BCUT2D eigenvalue weighted by molar-refractivity contribution is 7.86. The Morgan fingerprint density at radius 3 is 2.65 bits per heavy atom. The molecule has 1 aliphatic rings. The van der Waals surface area contributed by atoms with Gasteiger partial charge in [0.2, 0.25) is 11.7 Å². The number of carbonyl (C=O) groups excluding carboxylic acids is 2. The number of hydrogen-bond donors (Lipinski definition) is 0. The molecule has 3 rings (SSSR count). The maximum atomic E-state index is 14.0. The minimum absolute atomic E-state index is 0.00533. The van der Waals surface area contributed by atoms with Crippen molar-refractivity contribution >= 4 is 33.7 Å². The van der Waals surface area contributed by atoms with E-state index in [4.69, 9.17) is 0 Å². The van der Waals surface area contributed by atoms with E-state index < -0.39 is 33.5 Å². The monoisotopic (exact) mass is 377 g/mol.